The molecule has 0 radical (unpaired) electrons. The van der Waals surface area contributed by atoms with Gasteiger partial charge in [0.1, 0.15) is 4.66 Å². The Bertz CT molecular complexity index is 244. The Hall–Kier alpha value is 0.390. The van der Waals surface area contributed by atoms with Crippen molar-refractivity contribution in [3.63, 3.8) is 0 Å². The number of rotatable bonds is 3. The highest BCUT2D eigenvalue weighted by molar-refractivity contribution is 9.10. The Morgan fingerprint density at radius 3 is 2.33 bits per heavy atom. The Morgan fingerprint density at radius 1 is 1.42 bits per heavy atom. The van der Waals surface area contributed by atoms with Gasteiger partial charge in [-0.25, -0.2) is 13.1 Å². The van der Waals surface area contributed by atoms with Gasteiger partial charge in [-0.05, 0) is 19.8 Å². The lowest BCUT2D eigenvalue weighted by Gasteiger charge is -2.23. The van der Waals surface area contributed by atoms with Crippen molar-refractivity contribution in [2.75, 3.05) is 4.66 Å². The Balaban J connectivity index is 2.61. The van der Waals surface area contributed by atoms with Crippen LogP contribution in [-0.2, 0) is 10.0 Å². The van der Waals surface area contributed by atoms with Crippen molar-refractivity contribution < 1.29 is 8.42 Å². The molecular weight excluding hydrogens is 242 g/mol. The maximum atomic E-state index is 11.2. The number of sulfonamides is 1. The maximum Gasteiger partial charge on any atom is 0.222 e. The average molecular weight is 256 g/mol. The third-order valence-corrected chi connectivity index (χ3v) is 5.15. The van der Waals surface area contributed by atoms with Crippen molar-refractivity contribution in [3.8, 4) is 0 Å². The molecule has 1 aliphatic rings. The summed E-state index contributed by atoms with van der Waals surface area (Å²) in [5, 5.41) is 0. The number of hydrogen-bond donors (Lipinski definition) is 1. The summed E-state index contributed by atoms with van der Waals surface area (Å²) in [5.74, 6) is 0. The van der Waals surface area contributed by atoms with Crippen molar-refractivity contribution in [2.24, 2.45) is 0 Å². The molecule has 12 heavy (non-hydrogen) atoms. The van der Waals surface area contributed by atoms with Crippen molar-refractivity contribution in [1.82, 2.24) is 4.72 Å². The molecule has 0 amide bonds. The molecule has 0 aromatic carbocycles. The van der Waals surface area contributed by atoms with E-state index in [0.717, 1.165) is 25.7 Å². The predicted molar refractivity (Wildman–Crippen MR) is 52.7 cm³/mol. The van der Waals surface area contributed by atoms with Crippen LogP contribution in [0.4, 0.5) is 0 Å². The fraction of sp³-hybridized carbons (Fsp3) is 1.00. The zero-order valence-electron chi connectivity index (χ0n) is 7.14. The van der Waals surface area contributed by atoms with Gasteiger partial charge >= 0.3 is 0 Å². The molecule has 0 unspecified atom stereocenters. The lowest BCUT2D eigenvalue weighted by Crippen LogP contribution is -2.43. The molecular formula is C7H14BrNO2S. The van der Waals surface area contributed by atoms with Gasteiger partial charge in [0.25, 0.3) is 0 Å². The summed E-state index contributed by atoms with van der Waals surface area (Å²) in [4.78, 5) is 0. The topological polar surface area (TPSA) is 46.2 Å². The summed E-state index contributed by atoms with van der Waals surface area (Å²) in [5.41, 5.74) is -0.188. The van der Waals surface area contributed by atoms with E-state index in [4.69, 9.17) is 0 Å². The molecule has 0 heterocycles. The van der Waals surface area contributed by atoms with E-state index in [1.807, 2.05) is 6.92 Å². The second-order valence-electron chi connectivity index (χ2n) is 3.59. The first-order valence-electron chi connectivity index (χ1n) is 4.05. The van der Waals surface area contributed by atoms with Crippen molar-refractivity contribution in [2.45, 2.75) is 38.1 Å². The van der Waals surface area contributed by atoms with E-state index in [9.17, 15) is 8.42 Å². The van der Waals surface area contributed by atoms with Gasteiger partial charge in [0.15, 0.2) is 0 Å². The normalized spacial score (nSPS) is 22.8. The first-order chi connectivity index (χ1) is 5.47. The van der Waals surface area contributed by atoms with Gasteiger partial charge in [-0.1, -0.05) is 28.8 Å². The Morgan fingerprint density at radius 2 is 1.92 bits per heavy atom. The van der Waals surface area contributed by atoms with Gasteiger partial charge < -0.3 is 0 Å². The number of nitrogens with one attached hydrogen (secondary N) is 1. The van der Waals surface area contributed by atoms with Crippen LogP contribution in [0.2, 0.25) is 0 Å². The first kappa shape index (κ1) is 10.5. The van der Waals surface area contributed by atoms with Gasteiger partial charge in [-0.3, -0.25) is 0 Å². The molecule has 0 saturated heterocycles. The minimum absolute atomic E-state index is 0.00438. The summed E-state index contributed by atoms with van der Waals surface area (Å²) >= 11 is 2.95. The summed E-state index contributed by atoms with van der Waals surface area (Å²) in [6.45, 7) is 1.97. The van der Waals surface area contributed by atoms with E-state index in [-0.39, 0.29) is 10.2 Å². The standard InChI is InChI=1S/C7H14BrNO2S/c1-7(4-2-3-5-7)9-12(10,11)6-8/h9H,2-6H2,1H3. The Kier molecular flexibility index (Phi) is 3.17. The molecule has 0 aliphatic heterocycles. The summed E-state index contributed by atoms with van der Waals surface area (Å²) in [6, 6.07) is 0. The van der Waals surface area contributed by atoms with Crippen molar-refractivity contribution in [3.05, 3.63) is 0 Å². The molecule has 1 rings (SSSR count). The van der Waals surface area contributed by atoms with Crippen LogP contribution in [0.1, 0.15) is 32.6 Å². The van der Waals surface area contributed by atoms with E-state index in [2.05, 4.69) is 20.7 Å². The van der Waals surface area contributed by atoms with E-state index >= 15 is 0 Å². The highest BCUT2D eigenvalue weighted by Gasteiger charge is 2.32. The molecule has 0 atom stereocenters. The fourth-order valence-corrected chi connectivity index (χ4v) is 3.01. The van der Waals surface area contributed by atoms with Gasteiger partial charge in [-0.15, -0.1) is 0 Å². The molecule has 1 N–H and O–H groups in total. The second kappa shape index (κ2) is 3.64. The van der Waals surface area contributed by atoms with Crippen LogP contribution in [0, 0.1) is 0 Å². The van der Waals surface area contributed by atoms with Crippen LogP contribution in [0.15, 0.2) is 0 Å². The third-order valence-electron chi connectivity index (χ3n) is 2.25. The molecule has 0 spiro atoms. The summed E-state index contributed by atoms with van der Waals surface area (Å²) in [6.07, 6.45) is 4.17. The maximum absolute atomic E-state index is 11.2. The van der Waals surface area contributed by atoms with E-state index in [1.165, 1.54) is 0 Å². The molecule has 0 aromatic heterocycles. The molecule has 0 aromatic rings. The van der Waals surface area contributed by atoms with Gasteiger partial charge in [-0.2, -0.15) is 0 Å². The van der Waals surface area contributed by atoms with Crippen molar-refractivity contribution in [1.29, 1.82) is 0 Å². The monoisotopic (exact) mass is 255 g/mol. The van der Waals surface area contributed by atoms with Crippen LogP contribution < -0.4 is 4.72 Å². The second-order valence-corrected chi connectivity index (χ2v) is 6.62. The highest BCUT2D eigenvalue weighted by Crippen LogP contribution is 2.29. The van der Waals surface area contributed by atoms with Gasteiger partial charge in [0.2, 0.25) is 10.0 Å². The largest absolute Gasteiger partial charge is 0.222 e. The minimum atomic E-state index is -3.09. The van der Waals surface area contributed by atoms with Crippen molar-refractivity contribution >= 4 is 26.0 Å². The zero-order chi connectivity index (χ0) is 9.24. The highest BCUT2D eigenvalue weighted by atomic mass is 79.9. The van der Waals surface area contributed by atoms with Crippen LogP contribution in [-0.4, -0.2) is 18.6 Å². The number of alkyl halides is 1. The third kappa shape index (κ3) is 2.71. The van der Waals surface area contributed by atoms with Gasteiger partial charge in [0.05, 0.1) is 0 Å². The smallest absolute Gasteiger partial charge is 0.212 e. The minimum Gasteiger partial charge on any atom is -0.212 e. The molecule has 72 valence electrons. The van der Waals surface area contributed by atoms with Crippen LogP contribution in [0.3, 0.4) is 0 Å². The lowest BCUT2D eigenvalue weighted by molar-refractivity contribution is 0.429. The SMILES string of the molecule is CC1(NS(=O)(=O)CBr)CCCC1. The molecule has 1 aliphatic carbocycles. The predicted octanol–water partition coefficient (Wildman–Crippen LogP) is 1.59. The van der Waals surface area contributed by atoms with E-state index in [1.54, 1.807) is 0 Å². The Labute approximate surface area is 82.1 Å². The number of halogens is 1. The average Bonchev–Trinajstić information content (AvgIpc) is 2.35. The van der Waals surface area contributed by atoms with Gasteiger partial charge in [0, 0.05) is 5.54 Å². The molecule has 3 nitrogen and oxygen atoms in total. The van der Waals surface area contributed by atoms with E-state index < -0.39 is 10.0 Å². The molecule has 5 heteroatoms. The van der Waals surface area contributed by atoms with Crippen LogP contribution in [0.25, 0.3) is 0 Å². The molecule has 0 bridgehead atoms. The number of hydrogen-bond acceptors (Lipinski definition) is 2. The van der Waals surface area contributed by atoms with E-state index in [0.29, 0.717) is 0 Å². The first-order valence-corrected chi connectivity index (χ1v) is 6.82. The zero-order valence-corrected chi connectivity index (χ0v) is 9.54. The molecule has 1 saturated carbocycles. The van der Waals surface area contributed by atoms with Crippen LogP contribution in [0.5, 0.6) is 0 Å². The summed E-state index contributed by atoms with van der Waals surface area (Å²) in [7, 11) is -3.09. The fourth-order valence-electron chi connectivity index (χ4n) is 1.66. The summed E-state index contributed by atoms with van der Waals surface area (Å²) < 4.78 is 25.1. The lowest BCUT2D eigenvalue weighted by atomic mass is 10.0. The molecule has 1 fully saturated rings. The van der Waals surface area contributed by atoms with Crippen LogP contribution >= 0.6 is 15.9 Å². The quantitative estimate of drug-likeness (QED) is 0.779.